The van der Waals surface area contributed by atoms with Crippen molar-refractivity contribution < 1.29 is 0 Å². The summed E-state index contributed by atoms with van der Waals surface area (Å²) < 4.78 is 1.09. The summed E-state index contributed by atoms with van der Waals surface area (Å²) in [6, 6.07) is 2.07. The Morgan fingerprint density at radius 2 is 2.33 bits per heavy atom. The Bertz CT molecular complexity index is 328. The molecule has 0 bridgehead atoms. The van der Waals surface area contributed by atoms with Gasteiger partial charge in [-0.05, 0) is 34.8 Å². The van der Waals surface area contributed by atoms with E-state index in [9.17, 15) is 0 Å². The summed E-state index contributed by atoms with van der Waals surface area (Å²) in [6.07, 6.45) is 2.07. The molecule has 1 aliphatic carbocycles. The van der Waals surface area contributed by atoms with Gasteiger partial charge < -0.3 is 5.73 Å². The number of rotatable bonds is 2. The highest BCUT2D eigenvalue weighted by Gasteiger charge is 2.48. The van der Waals surface area contributed by atoms with Crippen molar-refractivity contribution in [3.05, 3.63) is 20.8 Å². The topological polar surface area (TPSA) is 49.9 Å². The van der Waals surface area contributed by atoms with Gasteiger partial charge in [-0.1, -0.05) is 0 Å². The smallest absolute Gasteiger partial charge is 0.102 e. The van der Waals surface area contributed by atoms with E-state index < -0.39 is 0 Å². The van der Waals surface area contributed by atoms with Crippen LogP contribution in [0.25, 0.3) is 0 Å². The van der Waals surface area contributed by atoms with E-state index in [0.717, 1.165) is 17.3 Å². The Morgan fingerprint density at radius 1 is 1.67 bits per heavy atom. The molecule has 0 unspecified atom stereocenters. The van der Waals surface area contributed by atoms with Gasteiger partial charge in [0.05, 0.1) is 5.41 Å². The molecule has 1 saturated carbocycles. The third-order valence-electron chi connectivity index (χ3n) is 2.30. The molecule has 1 aliphatic rings. The Balaban J connectivity index is 2.36. The van der Waals surface area contributed by atoms with Crippen LogP contribution in [0.4, 0.5) is 0 Å². The number of hydrogen-bond donors (Lipinski definition) is 2. The van der Waals surface area contributed by atoms with Gasteiger partial charge in [-0.3, -0.25) is 5.41 Å². The standard InChI is InChI=1S/C8H9BrN2S/c9-5-3-6(12-4-5)8(1-2-8)7(10)11/h3-4H,1-2H2,(H3,10,11). The lowest BCUT2D eigenvalue weighted by molar-refractivity contribution is 0.950. The molecule has 0 amide bonds. The Hall–Kier alpha value is -0.350. The van der Waals surface area contributed by atoms with E-state index in [4.69, 9.17) is 11.1 Å². The van der Waals surface area contributed by atoms with Gasteiger partial charge in [0, 0.05) is 14.7 Å². The Morgan fingerprint density at radius 3 is 2.67 bits per heavy atom. The molecule has 1 heterocycles. The zero-order valence-electron chi connectivity index (χ0n) is 6.43. The lowest BCUT2D eigenvalue weighted by Gasteiger charge is -2.09. The van der Waals surface area contributed by atoms with Crippen LogP contribution in [0.3, 0.4) is 0 Å². The van der Waals surface area contributed by atoms with Gasteiger partial charge in [-0.15, -0.1) is 11.3 Å². The first-order valence-electron chi connectivity index (χ1n) is 3.74. The van der Waals surface area contributed by atoms with Crippen molar-refractivity contribution in [1.29, 1.82) is 5.41 Å². The number of thiophene rings is 1. The fraction of sp³-hybridized carbons (Fsp3) is 0.375. The molecule has 1 aromatic heterocycles. The largest absolute Gasteiger partial charge is 0.387 e. The molecule has 12 heavy (non-hydrogen) atoms. The van der Waals surface area contributed by atoms with E-state index >= 15 is 0 Å². The van der Waals surface area contributed by atoms with E-state index in [2.05, 4.69) is 22.0 Å². The Kier molecular flexibility index (Phi) is 1.77. The molecule has 0 saturated heterocycles. The molecule has 64 valence electrons. The summed E-state index contributed by atoms with van der Waals surface area (Å²) in [5.41, 5.74) is 5.46. The van der Waals surface area contributed by atoms with Gasteiger partial charge in [-0.25, -0.2) is 0 Å². The normalized spacial score (nSPS) is 19.1. The van der Waals surface area contributed by atoms with Crippen molar-refractivity contribution in [3.8, 4) is 0 Å². The summed E-state index contributed by atoms with van der Waals surface area (Å²) in [7, 11) is 0. The minimum atomic E-state index is -0.0866. The van der Waals surface area contributed by atoms with Gasteiger partial charge >= 0.3 is 0 Å². The van der Waals surface area contributed by atoms with E-state index in [1.165, 1.54) is 4.88 Å². The predicted octanol–water partition coefficient (Wildman–Crippen LogP) is 2.48. The SMILES string of the molecule is N=C(N)C1(c2cc(Br)cs2)CC1. The molecule has 4 heteroatoms. The van der Waals surface area contributed by atoms with Gasteiger partial charge in [0.25, 0.3) is 0 Å². The average molecular weight is 245 g/mol. The van der Waals surface area contributed by atoms with Crippen molar-refractivity contribution in [3.63, 3.8) is 0 Å². The second kappa shape index (κ2) is 2.57. The molecule has 1 aromatic rings. The first-order valence-corrected chi connectivity index (χ1v) is 5.41. The van der Waals surface area contributed by atoms with E-state index in [1.807, 2.05) is 5.38 Å². The zero-order valence-corrected chi connectivity index (χ0v) is 8.83. The number of amidine groups is 1. The summed E-state index contributed by atoms with van der Waals surface area (Å²) in [4.78, 5) is 1.22. The van der Waals surface area contributed by atoms with Crippen LogP contribution in [0, 0.1) is 5.41 Å². The maximum absolute atomic E-state index is 7.48. The van der Waals surface area contributed by atoms with Crippen LogP contribution >= 0.6 is 27.3 Å². The second-order valence-corrected chi connectivity index (χ2v) is 4.95. The van der Waals surface area contributed by atoms with Crippen LogP contribution in [0.5, 0.6) is 0 Å². The molecule has 0 aromatic carbocycles. The van der Waals surface area contributed by atoms with Gasteiger partial charge in [0.15, 0.2) is 0 Å². The molecule has 2 nitrogen and oxygen atoms in total. The molecule has 0 aliphatic heterocycles. The van der Waals surface area contributed by atoms with Gasteiger partial charge in [0.2, 0.25) is 0 Å². The summed E-state index contributed by atoms with van der Waals surface area (Å²) in [5.74, 6) is 0.317. The second-order valence-electron chi connectivity index (χ2n) is 3.12. The first kappa shape index (κ1) is 8.26. The minimum Gasteiger partial charge on any atom is -0.387 e. The molecule has 0 spiro atoms. The molecule has 0 atom stereocenters. The molecular weight excluding hydrogens is 236 g/mol. The number of nitrogens with one attached hydrogen (secondary N) is 1. The van der Waals surface area contributed by atoms with E-state index in [0.29, 0.717) is 5.84 Å². The number of nitrogens with two attached hydrogens (primary N) is 1. The van der Waals surface area contributed by atoms with Crippen LogP contribution in [0.1, 0.15) is 17.7 Å². The van der Waals surface area contributed by atoms with Crippen molar-refractivity contribution in [1.82, 2.24) is 0 Å². The first-order chi connectivity index (χ1) is 5.65. The predicted molar refractivity (Wildman–Crippen MR) is 54.8 cm³/mol. The lowest BCUT2D eigenvalue weighted by Crippen LogP contribution is -2.26. The monoisotopic (exact) mass is 244 g/mol. The van der Waals surface area contributed by atoms with Crippen LogP contribution in [-0.4, -0.2) is 5.84 Å². The molecule has 0 radical (unpaired) electrons. The van der Waals surface area contributed by atoms with Gasteiger partial charge in [0.1, 0.15) is 5.84 Å². The van der Waals surface area contributed by atoms with Crippen LogP contribution in [0.2, 0.25) is 0 Å². The fourth-order valence-electron chi connectivity index (χ4n) is 1.34. The highest BCUT2D eigenvalue weighted by atomic mass is 79.9. The zero-order chi connectivity index (χ0) is 8.77. The molecule has 2 rings (SSSR count). The van der Waals surface area contributed by atoms with Crippen molar-refractivity contribution in [2.24, 2.45) is 5.73 Å². The maximum atomic E-state index is 7.48. The Labute approximate surface area is 83.4 Å². The van der Waals surface area contributed by atoms with Crippen molar-refractivity contribution in [2.75, 3.05) is 0 Å². The average Bonchev–Trinajstić information content (AvgIpc) is 2.71. The van der Waals surface area contributed by atoms with Crippen LogP contribution < -0.4 is 5.73 Å². The van der Waals surface area contributed by atoms with E-state index in [1.54, 1.807) is 11.3 Å². The van der Waals surface area contributed by atoms with Crippen LogP contribution in [0.15, 0.2) is 15.9 Å². The summed E-state index contributed by atoms with van der Waals surface area (Å²) >= 11 is 5.08. The van der Waals surface area contributed by atoms with Gasteiger partial charge in [-0.2, -0.15) is 0 Å². The van der Waals surface area contributed by atoms with Crippen molar-refractivity contribution in [2.45, 2.75) is 18.3 Å². The molecular formula is C8H9BrN2S. The third-order valence-corrected chi connectivity index (χ3v) is 4.20. The van der Waals surface area contributed by atoms with Crippen molar-refractivity contribution >= 4 is 33.1 Å². The van der Waals surface area contributed by atoms with E-state index in [-0.39, 0.29) is 5.41 Å². The quantitative estimate of drug-likeness (QED) is 0.610. The number of halogens is 1. The van der Waals surface area contributed by atoms with Crippen LogP contribution in [-0.2, 0) is 5.41 Å². The maximum Gasteiger partial charge on any atom is 0.102 e. The highest BCUT2D eigenvalue weighted by molar-refractivity contribution is 9.10. The number of hydrogen-bond acceptors (Lipinski definition) is 2. The fourth-order valence-corrected chi connectivity index (χ4v) is 3.04. The molecule has 1 fully saturated rings. The summed E-state index contributed by atoms with van der Waals surface area (Å²) in [5, 5.41) is 9.52. The summed E-state index contributed by atoms with van der Waals surface area (Å²) in [6.45, 7) is 0. The highest BCUT2D eigenvalue weighted by Crippen LogP contribution is 2.50. The minimum absolute atomic E-state index is 0.0866. The molecule has 3 N–H and O–H groups in total. The third kappa shape index (κ3) is 1.10. The lowest BCUT2D eigenvalue weighted by atomic mass is 10.0.